The summed E-state index contributed by atoms with van der Waals surface area (Å²) < 4.78 is 17.7. The van der Waals surface area contributed by atoms with Gasteiger partial charge in [-0.25, -0.2) is 4.39 Å². The average molecular weight is 210 g/mol. The van der Waals surface area contributed by atoms with E-state index in [0.717, 1.165) is 18.8 Å². The van der Waals surface area contributed by atoms with Crippen molar-refractivity contribution >= 4 is 0 Å². The molecule has 1 rings (SSSR count). The lowest BCUT2D eigenvalue weighted by atomic mass is 10.2. The van der Waals surface area contributed by atoms with Gasteiger partial charge in [-0.2, -0.15) is 0 Å². The molecule has 0 aliphatic carbocycles. The van der Waals surface area contributed by atoms with Gasteiger partial charge < -0.3 is 4.74 Å². The monoisotopic (exact) mass is 210 g/mol. The molecule has 1 aromatic carbocycles. The maximum atomic E-state index is 12.2. The van der Waals surface area contributed by atoms with Crippen molar-refractivity contribution in [1.29, 1.82) is 0 Å². The normalized spacial score (nSPS) is 10.3. The molecule has 0 radical (unpaired) electrons. The second kappa shape index (κ2) is 7.27. The van der Waals surface area contributed by atoms with E-state index in [9.17, 15) is 4.39 Å². The maximum absolute atomic E-state index is 12.2. The summed E-state index contributed by atoms with van der Waals surface area (Å²) in [7, 11) is 0. The fraction of sp³-hybridized carbons (Fsp3) is 0.538. The summed E-state index contributed by atoms with van der Waals surface area (Å²) in [4.78, 5) is 0. The van der Waals surface area contributed by atoms with Crippen molar-refractivity contribution in [3.05, 3.63) is 29.8 Å². The fourth-order valence-corrected chi connectivity index (χ4v) is 1.39. The van der Waals surface area contributed by atoms with E-state index in [-0.39, 0.29) is 0 Å². The van der Waals surface area contributed by atoms with Gasteiger partial charge in [0, 0.05) is 0 Å². The largest absolute Gasteiger partial charge is 0.494 e. The van der Waals surface area contributed by atoms with Crippen LogP contribution in [0.15, 0.2) is 24.3 Å². The van der Waals surface area contributed by atoms with Crippen molar-refractivity contribution in [1.82, 2.24) is 0 Å². The van der Waals surface area contributed by atoms with Crippen LogP contribution in [0.5, 0.6) is 5.75 Å². The lowest BCUT2D eigenvalue weighted by Gasteiger charge is -2.05. The third-order valence-electron chi connectivity index (χ3n) is 2.34. The Balaban J connectivity index is 2.20. The third-order valence-corrected chi connectivity index (χ3v) is 2.34. The van der Waals surface area contributed by atoms with Gasteiger partial charge in [-0.05, 0) is 24.1 Å². The van der Waals surface area contributed by atoms with Crippen LogP contribution in [0.25, 0.3) is 0 Å². The van der Waals surface area contributed by atoms with Crippen LogP contribution in [-0.4, -0.2) is 6.61 Å². The van der Waals surface area contributed by atoms with Crippen molar-refractivity contribution in [2.45, 2.75) is 39.3 Å². The molecular weight excluding hydrogens is 191 g/mol. The van der Waals surface area contributed by atoms with Gasteiger partial charge in [0.1, 0.15) is 12.4 Å². The van der Waals surface area contributed by atoms with E-state index in [1.807, 2.05) is 12.1 Å². The molecule has 84 valence electrons. The number of hydrogen-bond acceptors (Lipinski definition) is 1. The minimum Gasteiger partial charge on any atom is -0.494 e. The Kier molecular flexibility index (Phi) is 5.83. The minimum absolute atomic E-state index is 0.406. The van der Waals surface area contributed by atoms with Crippen molar-refractivity contribution in [3.63, 3.8) is 0 Å². The van der Waals surface area contributed by atoms with Gasteiger partial charge >= 0.3 is 0 Å². The zero-order valence-corrected chi connectivity index (χ0v) is 9.34. The van der Waals surface area contributed by atoms with Gasteiger partial charge in [-0.1, -0.05) is 38.3 Å². The van der Waals surface area contributed by atoms with Crippen LogP contribution in [0, 0.1) is 0 Å². The van der Waals surface area contributed by atoms with Crippen LogP contribution >= 0.6 is 0 Å². The Morgan fingerprint density at radius 2 is 1.80 bits per heavy atom. The summed E-state index contributed by atoms with van der Waals surface area (Å²) in [5.74, 6) is 0.837. The van der Waals surface area contributed by atoms with Gasteiger partial charge in [0.25, 0.3) is 0 Å². The number of unbranched alkanes of at least 4 members (excludes halogenated alkanes) is 3. The Hall–Kier alpha value is -1.05. The summed E-state index contributed by atoms with van der Waals surface area (Å²) in [6.07, 6.45) is 4.83. The Bertz CT molecular complexity index is 256. The van der Waals surface area contributed by atoms with E-state index in [0.29, 0.717) is 5.56 Å². The second-order valence-electron chi connectivity index (χ2n) is 3.69. The smallest absolute Gasteiger partial charge is 0.119 e. The SMILES string of the molecule is CCCCCCOc1ccc(CF)cc1. The topological polar surface area (TPSA) is 9.23 Å². The molecule has 0 atom stereocenters. The molecule has 0 heterocycles. The number of alkyl halides is 1. The van der Waals surface area contributed by atoms with Crippen LogP contribution in [0.3, 0.4) is 0 Å². The predicted molar refractivity (Wildman–Crippen MR) is 60.9 cm³/mol. The first-order valence-corrected chi connectivity index (χ1v) is 5.64. The molecule has 0 aliphatic rings. The first-order chi connectivity index (χ1) is 7.36. The lowest BCUT2D eigenvalue weighted by Crippen LogP contribution is -1.97. The molecule has 0 saturated carbocycles. The highest BCUT2D eigenvalue weighted by atomic mass is 19.1. The summed E-state index contributed by atoms with van der Waals surface area (Å²) in [6, 6.07) is 7.19. The third kappa shape index (κ3) is 4.82. The molecule has 0 fully saturated rings. The summed E-state index contributed by atoms with van der Waals surface area (Å²) in [5, 5.41) is 0. The standard InChI is InChI=1S/C13H19FO/c1-2-3-4-5-10-15-13-8-6-12(11-14)7-9-13/h6-9H,2-5,10-11H2,1H3. The molecule has 0 amide bonds. The number of rotatable bonds is 7. The van der Waals surface area contributed by atoms with Crippen LogP contribution in [0.4, 0.5) is 4.39 Å². The van der Waals surface area contributed by atoms with Crippen LogP contribution in [0.2, 0.25) is 0 Å². The van der Waals surface area contributed by atoms with Gasteiger partial charge in [0.15, 0.2) is 0 Å². The molecule has 15 heavy (non-hydrogen) atoms. The van der Waals surface area contributed by atoms with Crippen molar-refractivity contribution in [2.75, 3.05) is 6.61 Å². The Labute approximate surface area is 91.3 Å². The highest BCUT2D eigenvalue weighted by Gasteiger charge is 1.95. The maximum Gasteiger partial charge on any atom is 0.119 e. The molecule has 0 bridgehead atoms. The molecule has 0 aliphatic heterocycles. The first kappa shape index (κ1) is 12.0. The van der Waals surface area contributed by atoms with E-state index in [2.05, 4.69) is 6.92 Å². The van der Waals surface area contributed by atoms with Gasteiger partial charge in [-0.3, -0.25) is 0 Å². The minimum atomic E-state index is -0.406. The van der Waals surface area contributed by atoms with Gasteiger partial charge in [0.2, 0.25) is 0 Å². The zero-order valence-electron chi connectivity index (χ0n) is 9.34. The molecule has 1 nitrogen and oxygen atoms in total. The molecule has 0 N–H and O–H groups in total. The number of halogens is 1. The fourth-order valence-electron chi connectivity index (χ4n) is 1.39. The second-order valence-corrected chi connectivity index (χ2v) is 3.69. The van der Waals surface area contributed by atoms with Crippen LogP contribution in [0.1, 0.15) is 38.2 Å². The predicted octanol–water partition coefficient (Wildman–Crippen LogP) is 4.12. The van der Waals surface area contributed by atoms with Crippen LogP contribution < -0.4 is 4.74 Å². The van der Waals surface area contributed by atoms with E-state index in [4.69, 9.17) is 4.74 Å². The molecule has 0 spiro atoms. The summed E-state index contributed by atoms with van der Waals surface area (Å²) in [5.41, 5.74) is 0.702. The number of hydrogen-bond donors (Lipinski definition) is 0. The van der Waals surface area contributed by atoms with Gasteiger partial charge in [-0.15, -0.1) is 0 Å². The number of benzene rings is 1. The first-order valence-electron chi connectivity index (χ1n) is 5.64. The van der Waals surface area contributed by atoms with Gasteiger partial charge in [0.05, 0.1) is 6.61 Å². The van der Waals surface area contributed by atoms with Crippen molar-refractivity contribution in [3.8, 4) is 5.75 Å². The molecule has 0 aromatic heterocycles. The zero-order chi connectivity index (χ0) is 10.9. The molecule has 1 aromatic rings. The molecular formula is C13H19FO. The van der Waals surface area contributed by atoms with Crippen molar-refractivity contribution in [2.24, 2.45) is 0 Å². The van der Waals surface area contributed by atoms with E-state index in [1.165, 1.54) is 19.3 Å². The van der Waals surface area contributed by atoms with Crippen LogP contribution in [-0.2, 0) is 6.67 Å². The van der Waals surface area contributed by atoms with Crippen molar-refractivity contribution < 1.29 is 9.13 Å². The quantitative estimate of drug-likeness (QED) is 0.615. The molecule has 0 saturated heterocycles. The van der Waals surface area contributed by atoms with E-state index in [1.54, 1.807) is 12.1 Å². The summed E-state index contributed by atoms with van der Waals surface area (Å²) >= 11 is 0. The summed E-state index contributed by atoms with van der Waals surface area (Å²) in [6.45, 7) is 2.54. The average Bonchev–Trinajstić information content (AvgIpc) is 2.30. The molecule has 2 heteroatoms. The molecule has 0 unspecified atom stereocenters. The highest BCUT2D eigenvalue weighted by Crippen LogP contribution is 2.13. The lowest BCUT2D eigenvalue weighted by molar-refractivity contribution is 0.305. The van der Waals surface area contributed by atoms with E-state index >= 15 is 0 Å². The number of ether oxygens (including phenoxy) is 1. The highest BCUT2D eigenvalue weighted by molar-refractivity contribution is 5.26. The Morgan fingerprint density at radius 1 is 1.07 bits per heavy atom. The van der Waals surface area contributed by atoms with E-state index < -0.39 is 6.67 Å². The Morgan fingerprint density at radius 3 is 2.40 bits per heavy atom.